The third-order valence-electron chi connectivity index (χ3n) is 4.11. The summed E-state index contributed by atoms with van der Waals surface area (Å²) < 4.78 is 5.20. The van der Waals surface area contributed by atoms with Crippen LogP contribution < -0.4 is 10.1 Å². The van der Waals surface area contributed by atoms with E-state index in [0.717, 1.165) is 36.9 Å². The predicted molar refractivity (Wildman–Crippen MR) is 81.0 cm³/mol. The SMILES string of the molecule is CNCC1CCN(CC(O)c2cccc(OC)c2)CC1. The van der Waals surface area contributed by atoms with E-state index in [1.54, 1.807) is 7.11 Å². The number of hydrogen-bond acceptors (Lipinski definition) is 4. The lowest BCUT2D eigenvalue weighted by Crippen LogP contribution is -2.38. The van der Waals surface area contributed by atoms with E-state index < -0.39 is 6.10 Å². The van der Waals surface area contributed by atoms with Gasteiger partial charge in [-0.3, -0.25) is 0 Å². The van der Waals surface area contributed by atoms with Crippen LogP contribution in [0.2, 0.25) is 0 Å². The zero-order valence-electron chi connectivity index (χ0n) is 12.5. The van der Waals surface area contributed by atoms with E-state index >= 15 is 0 Å². The molecule has 112 valence electrons. The zero-order chi connectivity index (χ0) is 14.4. The molecular weight excluding hydrogens is 252 g/mol. The van der Waals surface area contributed by atoms with Crippen molar-refractivity contribution in [1.29, 1.82) is 0 Å². The Balaban J connectivity index is 1.84. The lowest BCUT2D eigenvalue weighted by molar-refractivity contribution is 0.0893. The molecule has 0 spiro atoms. The fraction of sp³-hybridized carbons (Fsp3) is 0.625. The first-order valence-corrected chi connectivity index (χ1v) is 7.42. The highest BCUT2D eigenvalue weighted by Crippen LogP contribution is 2.22. The Morgan fingerprint density at radius 1 is 1.40 bits per heavy atom. The van der Waals surface area contributed by atoms with Crippen molar-refractivity contribution in [2.75, 3.05) is 40.3 Å². The van der Waals surface area contributed by atoms with Gasteiger partial charge in [0.2, 0.25) is 0 Å². The van der Waals surface area contributed by atoms with Crippen LogP contribution in [-0.2, 0) is 0 Å². The van der Waals surface area contributed by atoms with E-state index in [2.05, 4.69) is 10.2 Å². The van der Waals surface area contributed by atoms with Crippen LogP contribution in [0, 0.1) is 5.92 Å². The summed E-state index contributed by atoms with van der Waals surface area (Å²) in [6.07, 6.45) is 1.99. The van der Waals surface area contributed by atoms with Gasteiger partial charge in [0.1, 0.15) is 5.75 Å². The lowest BCUT2D eigenvalue weighted by atomic mass is 9.96. The van der Waals surface area contributed by atoms with Gasteiger partial charge in [0.05, 0.1) is 13.2 Å². The van der Waals surface area contributed by atoms with Crippen molar-refractivity contribution >= 4 is 0 Å². The van der Waals surface area contributed by atoms with Gasteiger partial charge in [-0.15, -0.1) is 0 Å². The first-order chi connectivity index (χ1) is 9.72. The maximum Gasteiger partial charge on any atom is 0.119 e. The van der Waals surface area contributed by atoms with E-state index in [1.807, 2.05) is 31.3 Å². The van der Waals surface area contributed by atoms with Gasteiger partial charge in [-0.05, 0) is 63.1 Å². The molecule has 1 fully saturated rings. The summed E-state index contributed by atoms with van der Waals surface area (Å²) in [6, 6.07) is 7.70. The Morgan fingerprint density at radius 3 is 2.80 bits per heavy atom. The number of nitrogens with one attached hydrogen (secondary N) is 1. The summed E-state index contributed by atoms with van der Waals surface area (Å²) in [6.45, 7) is 3.96. The molecule has 4 nitrogen and oxygen atoms in total. The number of aliphatic hydroxyl groups excluding tert-OH is 1. The molecule has 1 aliphatic heterocycles. The van der Waals surface area contributed by atoms with Crippen LogP contribution in [-0.4, -0.2) is 50.3 Å². The summed E-state index contributed by atoms with van der Waals surface area (Å²) in [5, 5.41) is 13.6. The second-order valence-electron chi connectivity index (χ2n) is 5.59. The summed E-state index contributed by atoms with van der Waals surface area (Å²) in [5.41, 5.74) is 0.932. The minimum absolute atomic E-state index is 0.439. The second-order valence-corrected chi connectivity index (χ2v) is 5.59. The molecule has 1 aromatic carbocycles. The predicted octanol–water partition coefficient (Wildman–Crippen LogP) is 1.66. The van der Waals surface area contributed by atoms with E-state index in [4.69, 9.17) is 4.74 Å². The largest absolute Gasteiger partial charge is 0.497 e. The van der Waals surface area contributed by atoms with Gasteiger partial charge >= 0.3 is 0 Å². The Labute approximate surface area is 121 Å². The molecule has 0 bridgehead atoms. The normalized spacial score (nSPS) is 18.9. The number of ether oxygens (including phenoxy) is 1. The molecule has 0 saturated carbocycles. The number of aliphatic hydroxyl groups is 1. The molecule has 1 heterocycles. The van der Waals surface area contributed by atoms with E-state index in [9.17, 15) is 5.11 Å². The van der Waals surface area contributed by atoms with Crippen LogP contribution in [0.1, 0.15) is 24.5 Å². The number of nitrogens with zero attached hydrogens (tertiary/aromatic N) is 1. The topological polar surface area (TPSA) is 44.7 Å². The molecule has 0 aromatic heterocycles. The van der Waals surface area contributed by atoms with Crippen LogP contribution in [0.4, 0.5) is 0 Å². The summed E-state index contributed by atoms with van der Waals surface area (Å²) >= 11 is 0. The minimum Gasteiger partial charge on any atom is -0.497 e. The highest BCUT2D eigenvalue weighted by Gasteiger charge is 2.21. The molecule has 2 rings (SSSR count). The van der Waals surface area contributed by atoms with Gasteiger partial charge in [0.25, 0.3) is 0 Å². The maximum absolute atomic E-state index is 10.4. The van der Waals surface area contributed by atoms with Crippen molar-refractivity contribution in [2.45, 2.75) is 18.9 Å². The molecule has 1 aliphatic rings. The Kier molecular flexibility index (Phi) is 5.83. The third kappa shape index (κ3) is 4.20. The number of rotatable bonds is 6. The Bertz CT molecular complexity index is 403. The van der Waals surface area contributed by atoms with Gasteiger partial charge in [-0.25, -0.2) is 0 Å². The summed E-state index contributed by atoms with van der Waals surface area (Å²) in [5.74, 6) is 1.58. The van der Waals surface area contributed by atoms with E-state index in [1.165, 1.54) is 12.8 Å². The van der Waals surface area contributed by atoms with Gasteiger partial charge in [-0.2, -0.15) is 0 Å². The average molecular weight is 278 g/mol. The number of benzene rings is 1. The van der Waals surface area contributed by atoms with Crippen molar-refractivity contribution in [1.82, 2.24) is 10.2 Å². The van der Waals surface area contributed by atoms with Crippen molar-refractivity contribution in [2.24, 2.45) is 5.92 Å². The molecule has 1 unspecified atom stereocenters. The molecule has 20 heavy (non-hydrogen) atoms. The first kappa shape index (κ1) is 15.3. The standard InChI is InChI=1S/C16H26N2O2/c1-17-11-13-6-8-18(9-7-13)12-16(19)14-4-3-5-15(10-14)20-2/h3-5,10,13,16-17,19H,6-9,11-12H2,1-2H3. The molecular formula is C16H26N2O2. The second kappa shape index (κ2) is 7.62. The van der Waals surface area contributed by atoms with Crippen molar-refractivity contribution in [3.8, 4) is 5.75 Å². The minimum atomic E-state index is -0.439. The van der Waals surface area contributed by atoms with Crippen molar-refractivity contribution < 1.29 is 9.84 Å². The number of hydrogen-bond donors (Lipinski definition) is 2. The first-order valence-electron chi connectivity index (χ1n) is 7.42. The van der Waals surface area contributed by atoms with Crippen LogP contribution in [0.25, 0.3) is 0 Å². The Hall–Kier alpha value is -1.10. The highest BCUT2D eigenvalue weighted by atomic mass is 16.5. The average Bonchev–Trinajstić information content (AvgIpc) is 2.49. The highest BCUT2D eigenvalue weighted by molar-refractivity contribution is 5.29. The monoisotopic (exact) mass is 278 g/mol. The quantitative estimate of drug-likeness (QED) is 0.831. The Morgan fingerprint density at radius 2 is 2.15 bits per heavy atom. The van der Waals surface area contributed by atoms with E-state index in [0.29, 0.717) is 6.54 Å². The van der Waals surface area contributed by atoms with Gasteiger partial charge in [0.15, 0.2) is 0 Å². The van der Waals surface area contributed by atoms with Gasteiger partial charge < -0.3 is 20.1 Å². The molecule has 0 radical (unpaired) electrons. The molecule has 0 aliphatic carbocycles. The smallest absolute Gasteiger partial charge is 0.119 e. The lowest BCUT2D eigenvalue weighted by Gasteiger charge is -2.33. The number of methoxy groups -OCH3 is 1. The van der Waals surface area contributed by atoms with E-state index in [-0.39, 0.29) is 0 Å². The molecule has 4 heteroatoms. The summed E-state index contributed by atoms with van der Waals surface area (Å²) in [4.78, 5) is 2.36. The fourth-order valence-electron chi connectivity index (χ4n) is 2.86. The van der Waals surface area contributed by atoms with Crippen LogP contribution >= 0.6 is 0 Å². The van der Waals surface area contributed by atoms with Crippen LogP contribution in [0.5, 0.6) is 5.75 Å². The van der Waals surface area contributed by atoms with Crippen LogP contribution in [0.15, 0.2) is 24.3 Å². The molecule has 0 amide bonds. The van der Waals surface area contributed by atoms with Crippen molar-refractivity contribution in [3.05, 3.63) is 29.8 Å². The molecule has 2 N–H and O–H groups in total. The fourth-order valence-corrected chi connectivity index (χ4v) is 2.86. The third-order valence-corrected chi connectivity index (χ3v) is 4.11. The summed E-state index contributed by atoms with van der Waals surface area (Å²) in [7, 11) is 3.66. The molecule has 1 saturated heterocycles. The van der Waals surface area contributed by atoms with Crippen molar-refractivity contribution in [3.63, 3.8) is 0 Å². The van der Waals surface area contributed by atoms with Gasteiger partial charge in [0, 0.05) is 6.54 Å². The number of β-amino-alcohol motifs (C(OH)–C–C–N with tert-alkyl or cyclic N) is 1. The zero-order valence-corrected chi connectivity index (χ0v) is 12.5. The number of piperidine rings is 1. The van der Waals surface area contributed by atoms with Crippen LogP contribution in [0.3, 0.4) is 0 Å². The van der Waals surface area contributed by atoms with Gasteiger partial charge in [-0.1, -0.05) is 12.1 Å². The maximum atomic E-state index is 10.4. The molecule has 1 atom stereocenters. The number of likely N-dealkylation sites (tertiary alicyclic amines) is 1. The molecule has 1 aromatic rings.